The maximum absolute atomic E-state index is 9.13. The third kappa shape index (κ3) is 4.42. The summed E-state index contributed by atoms with van der Waals surface area (Å²) < 4.78 is 11.5. The molecule has 2 rings (SSSR count). The second kappa shape index (κ2) is 7.58. The van der Waals surface area contributed by atoms with Crippen molar-refractivity contribution >= 4 is 0 Å². The van der Waals surface area contributed by atoms with Crippen molar-refractivity contribution < 1.29 is 14.6 Å². The molecule has 2 fully saturated rings. The van der Waals surface area contributed by atoms with Crippen LogP contribution in [0.15, 0.2) is 0 Å². The van der Waals surface area contributed by atoms with E-state index >= 15 is 0 Å². The molecule has 1 spiro atoms. The molecular formula is C15H29NO3. The SMILES string of the molecule is COCCN(CCO)CC1CCC2(CCCCC2)O1. The summed E-state index contributed by atoms with van der Waals surface area (Å²) in [4.78, 5) is 2.26. The van der Waals surface area contributed by atoms with Gasteiger partial charge in [-0.2, -0.15) is 0 Å². The first kappa shape index (κ1) is 15.2. The quantitative estimate of drug-likeness (QED) is 0.767. The van der Waals surface area contributed by atoms with Crippen LogP contribution in [0.5, 0.6) is 0 Å². The molecule has 0 aromatic heterocycles. The van der Waals surface area contributed by atoms with Crippen LogP contribution in [0.1, 0.15) is 44.9 Å². The van der Waals surface area contributed by atoms with E-state index in [9.17, 15) is 0 Å². The van der Waals surface area contributed by atoms with Gasteiger partial charge in [0.1, 0.15) is 0 Å². The summed E-state index contributed by atoms with van der Waals surface area (Å²) in [7, 11) is 1.72. The molecule has 1 N–H and O–H groups in total. The van der Waals surface area contributed by atoms with Crippen LogP contribution >= 0.6 is 0 Å². The van der Waals surface area contributed by atoms with Crippen molar-refractivity contribution in [2.24, 2.45) is 0 Å². The van der Waals surface area contributed by atoms with E-state index in [1.54, 1.807) is 7.11 Å². The highest BCUT2D eigenvalue weighted by Gasteiger charge is 2.40. The summed E-state index contributed by atoms with van der Waals surface area (Å²) in [6, 6.07) is 0. The predicted molar refractivity (Wildman–Crippen MR) is 75.3 cm³/mol. The van der Waals surface area contributed by atoms with Crippen molar-refractivity contribution in [3.8, 4) is 0 Å². The molecule has 4 heteroatoms. The summed E-state index contributed by atoms with van der Waals surface area (Å²) in [6.45, 7) is 3.46. The Labute approximate surface area is 117 Å². The zero-order valence-electron chi connectivity index (χ0n) is 12.3. The first-order valence-electron chi connectivity index (χ1n) is 7.78. The van der Waals surface area contributed by atoms with Gasteiger partial charge in [0.15, 0.2) is 0 Å². The van der Waals surface area contributed by atoms with Crippen LogP contribution in [0.2, 0.25) is 0 Å². The highest BCUT2D eigenvalue weighted by atomic mass is 16.5. The molecule has 1 saturated carbocycles. The minimum Gasteiger partial charge on any atom is -0.395 e. The third-order valence-corrected chi connectivity index (χ3v) is 4.59. The fraction of sp³-hybridized carbons (Fsp3) is 1.00. The van der Waals surface area contributed by atoms with Gasteiger partial charge in [0.25, 0.3) is 0 Å². The Hall–Kier alpha value is -0.160. The lowest BCUT2D eigenvalue weighted by molar-refractivity contribution is -0.0733. The lowest BCUT2D eigenvalue weighted by Crippen LogP contribution is -2.39. The zero-order chi connectivity index (χ0) is 13.6. The van der Waals surface area contributed by atoms with Crippen LogP contribution in [0.3, 0.4) is 0 Å². The fourth-order valence-corrected chi connectivity index (χ4v) is 3.53. The molecule has 19 heavy (non-hydrogen) atoms. The van der Waals surface area contributed by atoms with Crippen LogP contribution in [-0.4, -0.2) is 61.7 Å². The maximum Gasteiger partial charge on any atom is 0.0710 e. The van der Waals surface area contributed by atoms with E-state index in [0.717, 1.165) is 26.2 Å². The molecular weight excluding hydrogens is 242 g/mol. The van der Waals surface area contributed by atoms with E-state index in [2.05, 4.69) is 4.90 Å². The molecule has 0 aromatic carbocycles. The van der Waals surface area contributed by atoms with E-state index in [1.807, 2.05) is 0 Å². The van der Waals surface area contributed by atoms with Gasteiger partial charge >= 0.3 is 0 Å². The van der Waals surface area contributed by atoms with Crippen LogP contribution < -0.4 is 0 Å². The molecule has 1 unspecified atom stereocenters. The van der Waals surface area contributed by atoms with Gasteiger partial charge in [0.05, 0.1) is 24.9 Å². The molecule has 0 aromatic rings. The molecule has 1 heterocycles. The molecule has 1 saturated heterocycles. The summed E-state index contributed by atoms with van der Waals surface area (Å²) in [5, 5.41) is 9.13. The number of hydrogen-bond acceptors (Lipinski definition) is 4. The monoisotopic (exact) mass is 271 g/mol. The Balaban J connectivity index is 1.78. The molecule has 1 aliphatic carbocycles. The van der Waals surface area contributed by atoms with Crippen LogP contribution in [0.25, 0.3) is 0 Å². The molecule has 1 atom stereocenters. The first-order valence-corrected chi connectivity index (χ1v) is 7.78. The number of rotatable bonds is 7. The molecule has 4 nitrogen and oxygen atoms in total. The second-order valence-electron chi connectivity index (χ2n) is 6.04. The average Bonchev–Trinajstić information content (AvgIpc) is 2.80. The number of nitrogens with zero attached hydrogens (tertiary/aromatic N) is 1. The standard InChI is InChI=1S/C15H29NO3/c1-18-12-10-16(9-11-17)13-14-5-8-15(19-14)6-3-2-4-7-15/h14,17H,2-13H2,1H3. The molecule has 112 valence electrons. The van der Waals surface area contributed by atoms with E-state index in [-0.39, 0.29) is 12.2 Å². The molecule has 0 bridgehead atoms. The van der Waals surface area contributed by atoms with Gasteiger partial charge in [0, 0.05) is 26.7 Å². The van der Waals surface area contributed by atoms with Gasteiger partial charge in [-0.25, -0.2) is 0 Å². The van der Waals surface area contributed by atoms with Crippen molar-refractivity contribution in [3.63, 3.8) is 0 Å². The van der Waals surface area contributed by atoms with Gasteiger partial charge in [0.2, 0.25) is 0 Å². The number of hydrogen-bond donors (Lipinski definition) is 1. The van der Waals surface area contributed by atoms with Crippen LogP contribution in [0.4, 0.5) is 0 Å². The van der Waals surface area contributed by atoms with Crippen molar-refractivity contribution in [1.82, 2.24) is 4.90 Å². The van der Waals surface area contributed by atoms with Crippen LogP contribution in [0, 0.1) is 0 Å². The minimum atomic E-state index is 0.203. The first-order chi connectivity index (χ1) is 9.28. The van der Waals surface area contributed by atoms with Gasteiger partial charge in [-0.15, -0.1) is 0 Å². The molecule has 0 radical (unpaired) electrons. The maximum atomic E-state index is 9.13. The highest BCUT2D eigenvalue weighted by Crippen LogP contribution is 2.41. The number of methoxy groups -OCH3 is 1. The lowest BCUT2D eigenvalue weighted by Gasteiger charge is -2.34. The third-order valence-electron chi connectivity index (χ3n) is 4.59. The van der Waals surface area contributed by atoms with E-state index in [4.69, 9.17) is 14.6 Å². The topological polar surface area (TPSA) is 41.9 Å². The van der Waals surface area contributed by atoms with Gasteiger partial charge in [-0.3, -0.25) is 4.90 Å². The summed E-state index contributed by atoms with van der Waals surface area (Å²) in [6.07, 6.45) is 9.29. The van der Waals surface area contributed by atoms with Crippen molar-refractivity contribution in [1.29, 1.82) is 0 Å². The van der Waals surface area contributed by atoms with Crippen molar-refractivity contribution in [2.75, 3.05) is 40.0 Å². The highest BCUT2D eigenvalue weighted by molar-refractivity contribution is 4.92. The molecule has 2 aliphatic rings. The van der Waals surface area contributed by atoms with Crippen molar-refractivity contribution in [2.45, 2.75) is 56.7 Å². The van der Waals surface area contributed by atoms with Crippen molar-refractivity contribution in [3.05, 3.63) is 0 Å². The largest absolute Gasteiger partial charge is 0.395 e. The van der Waals surface area contributed by atoms with Gasteiger partial charge in [-0.1, -0.05) is 19.3 Å². The van der Waals surface area contributed by atoms with Crippen LogP contribution in [-0.2, 0) is 9.47 Å². The molecule has 0 amide bonds. The predicted octanol–water partition coefficient (Wildman–Crippen LogP) is 1.81. The minimum absolute atomic E-state index is 0.203. The Bertz CT molecular complexity index is 254. The Morgan fingerprint density at radius 1 is 1.21 bits per heavy atom. The van der Waals surface area contributed by atoms with E-state index < -0.39 is 0 Å². The lowest BCUT2D eigenvalue weighted by atomic mass is 9.83. The van der Waals surface area contributed by atoms with E-state index in [1.165, 1.54) is 44.9 Å². The zero-order valence-corrected chi connectivity index (χ0v) is 12.3. The van der Waals surface area contributed by atoms with Gasteiger partial charge in [-0.05, 0) is 25.7 Å². The van der Waals surface area contributed by atoms with E-state index in [0.29, 0.717) is 6.10 Å². The fourth-order valence-electron chi connectivity index (χ4n) is 3.53. The summed E-state index contributed by atoms with van der Waals surface area (Å²) >= 11 is 0. The summed E-state index contributed by atoms with van der Waals surface area (Å²) in [5.74, 6) is 0. The summed E-state index contributed by atoms with van der Waals surface area (Å²) in [5.41, 5.74) is 0.203. The second-order valence-corrected chi connectivity index (χ2v) is 6.04. The normalized spacial score (nSPS) is 26.4. The Morgan fingerprint density at radius 3 is 2.68 bits per heavy atom. The average molecular weight is 271 g/mol. The smallest absolute Gasteiger partial charge is 0.0710 e. The number of ether oxygens (including phenoxy) is 2. The number of aliphatic hydroxyl groups is 1. The Morgan fingerprint density at radius 2 is 2.00 bits per heavy atom. The molecule has 1 aliphatic heterocycles. The Kier molecular flexibility index (Phi) is 6.07. The number of aliphatic hydroxyl groups excluding tert-OH is 1. The van der Waals surface area contributed by atoms with Gasteiger partial charge < -0.3 is 14.6 Å².